The fourth-order valence-corrected chi connectivity index (χ4v) is 4.29. The van der Waals surface area contributed by atoms with Crippen molar-refractivity contribution in [3.05, 3.63) is 60.6 Å². The van der Waals surface area contributed by atoms with Gasteiger partial charge >= 0.3 is 0 Å². The van der Waals surface area contributed by atoms with Gasteiger partial charge in [-0.3, -0.25) is 19.4 Å². The number of fused-ring (bicyclic) bond motifs is 2. The van der Waals surface area contributed by atoms with Gasteiger partial charge in [0.2, 0.25) is 5.91 Å². The van der Waals surface area contributed by atoms with Crippen LogP contribution in [0.5, 0.6) is 0 Å². The number of nitrogens with one attached hydrogen (secondary N) is 1. The van der Waals surface area contributed by atoms with Gasteiger partial charge in [0.05, 0.1) is 11.2 Å². The highest BCUT2D eigenvalue weighted by molar-refractivity contribution is 6.01. The summed E-state index contributed by atoms with van der Waals surface area (Å²) in [4.78, 5) is 23.4. The Morgan fingerprint density at radius 2 is 2.03 bits per heavy atom. The number of aromatic nitrogens is 4. The molecule has 0 saturated carbocycles. The quantitative estimate of drug-likeness (QED) is 0.504. The van der Waals surface area contributed by atoms with Gasteiger partial charge in [-0.05, 0) is 62.8 Å². The van der Waals surface area contributed by atoms with E-state index in [1.807, 2.05) is 61.6 Å². The molecule has 4 aromatic rings. The Balaban J connectivity index is 1.55. The van der Waals surface area contributed by atoms with Gasteiger partial charge in [-0.2, -0.15) is 5.10 Å². The number of amides is 1. The van der Waals surface area contributed by atoms with Crippen molar-refractivity contribution in [2.24, 2.45) is 0 Å². The second kappa shape index (κ2) is 8.51. The number of hydrogen-bond donors (Lipinski definition) is 1. The Kier molecular flexibility index (Phi) is 5.41. The largest absolute Gasteiger partial charge is 0.326 e. The molecule has 162 valence electrons. The minimum Gasteiger partial charge on any atom is -0.326 e. The van der Waals surface area contributed by atoms with Crippen LogP contribution in [0.1, 0.15) is 18.5 Å². The van der Waals surface area contributed by atoms with E-state index >= 15 is 0 Å². The summed E-state index contributed by atoms with van der Waals surface area (Å²) >= 11 is 0. The minimum atomic E-state index is 0.00102. The van der Waals surface area contributed by atoms with Crippen LogP contribution < -0.4 is 5.32 Å². The van der Waals surface area contributed by atoms with Crippen LogP contribution in [0.2, 0.25) is 0 Å². The molecule has 0 aliphatic carbocycles. The molecule has 32 heavy (non-hydrogen) atoms. The Labute approximate surface area is 187 Å². The number of nitrogens with zero attached hydrogens (tertiary/aromatic N) is 5. The number of carbonyl (C=O) groups is 1. The topological polar surface area (TPSA) is 75.9 Å². The molecule has 0 saturated heterocycles. The minimum absolute atomic E-state index is 0.00102. The molecule has 0 radical (unpaired) electrons. The number of carbonyl (C=O) groups excluding carboxylic acids is 1. The van der Waals surface area contributed by atoms with Crippen LogP contribution in [0.25, 0.3) is 33.4 Å². The van der Waals surface area contributed by atoms with Gasteiger partial charge in [-0.1, -0.05) is 12.1 Å². The Hall–Kier alpha value is -3.58. The van der Waals surface area contributed by atoms with E-state index in [0.717, 1.165) is 58.5 Å². The molecule has 0 fully saturated rings. The van der Waals surface area contributed by atoms with E-state index < -0.39 is 0 Å². The van der Waals surface area contributed by atoms with Gasteiger partial charge in [0.15, 0.2) is 0 Å². The van der Waals surface area contributed by atoms with Gasteiger partial charge in [0.1, 0.15) is 5.69 Å². The second-order valence-corrected chi connectivity index (χ2v) is 8.40. The molecule has 1 aliphatic heterocycles. The number of hydrogen-bond acceptors (Lipinski definition) is 5. The molecule has 1 N–H and O–H groups in total. The molecule has 0 bridgehead atoms. The van der Waals surface area contributed by atoms with Crippen molar-refractivity contribution in [3.63, 3.8) is 0 Å². The van der Waals surface area contributed by atoms with Crippen molar-refractivity contribution in [2.75, 3.05) is 26.0 Å². The lowest BCUT2D eigenvalue weighted by Gasteiger charge is -2.12. The van der Waals surface area contributed by atoms with Crippen LogP contribution in [0, 0.1) is 0 Å². The molecule has 1 aliphatic rings. The van der Waals surface area contributed by atoms with Crippen molar-refractivity contribution >= 4 is 22.5 Å². The highest BCUT2D eigenvalue weighted by Crippen LogP contribution is 2.39. The third-order valence-corrected chi connectivity index (χ3v) is 5.83. The molecule has 3 aromatic heterocycles. The first-order chi connectivity index (χ1) is 15.6. The van der Waals surface area contributed by atoms with E-state index in [4.69, 9.17) is 5.10 Å². The van der Waals surface area contributed by atoms with Crippen molar-refractivity contribution in [1.29, 1.82) is 0 Å². The molecule has 0 atom stereocenters. The van der Waals surface area contributed by atoms with E-state index in [2.05, 4.69) is 26.0 Å². The summed E-state index contributed by atoms with van der Waals surface area (Å²) in [6, 6.07) is 13.9. The maximum atomic E-state index is 12.3. The SMILES string of the molecule is CN(C)CCC(=O)Nc1ccc2c(-c3c(-c4ccccn4)nn4c3CCC4)ccnc2c1. The van der Waals surface area contributed by atoms with Crippen LogP contribution in [-0.2, 0) is 17.8 Å². The summed E-state index contributed by atoms with van der Waals surface area (Å²) < 4.78 is 2.12. The van der Waals surface area contributed by atoms with E-state index in [1.54, 1.807) is 6.20 Å². The monoisotopic (exact) mass is 426 g/mol. The van der Waals surface area contributed by atoms with Crippen molar-refractivity contribution in [1.82, 2.24) is 24.6 Å². The average molecular weight is 427 g/mol. The number of aryl methyl sites for hydroxylation is 1. The first-order valence-electron chi connectivity index (χ1n) is 10.9. The number of rotatable bonds is 6. The molecule has 0 spiro atoms. The summed E-state index contributed by atoms with van der Waals surface area (Å²) in [6.07, 6.45) is 6.19. The molecule has 1 aromatic carbocycles. The van der Waals surface area contributed by atoms with Gasteiger partial charge in [0.25, 0.3) is 0 Å². The smallest absolute Gasteiger partial charge is 0.225 e. The Morgan fingerprint density at radius 1 is 1.12 bits per heavy atom. The van der Waals surface area contributed by atoms with E-state index in [0.29, 0.717) is 13.0 Å². The van der Waals surface area contributed by atoms with Gasteiger partial charge in [0, 0.05) is 54.2 Å². The number of benzene rings is 1. The first kappa shape index (κ1) is 20.3. The fourth-order valence-electron chi connectivity index (χ4n) is 4.29. The van der Waals surface area contributed by atoms with E-state index in [1.165, 1.54) is 5.69 Å². The second-order valence-electron chi connectivity index (χ2n) is 8.40. The standard InChI is InChI=1S/C25H26N6O/c1-30(2)15-11-23(32)28-17-8-9-18-19(10-13-27-21(18)16-17)24-22-7-5-14-31(22)29-25(24)20-6-3-4-12-26-20/h3-4,6,8-10,12-13,16H,5,7,11,14-15H2,1-2H3,(H,28,32). The molecule has 5 rings (SSSR count). The van der Waals surface area contributed by atoms with Crippen LogP contribution in [0.4, 0.5) is 5.69 Å². The lowest BCUT2D eigenvalue weighted by atomic mass is 9.96. The molecule has 0 unspecified atom stereocenters. The van der Waals surface area contributed by atoms with Crippen LogP contribution in [0.15, 0.2) is 54.9 Å². The van der Waals surface area contributed by atoms with Crippen molar-refractivity contribution < 1.29 is 4.79 Å². The zero-order valence-electron chi connectivity index (χ0n) is 18.4. The maximum absolute atomic E-state index is 12.3. The maximum Gasteiger partial charge on any atom is 0.225 e. The first-order valence-corrected chi connectivity index (χ1v) is 10.9. The molecule has 7 nitrogen and oxygen atoms in total. The summed E-state index contributed by atoms with van der Waals surface area (Å²) in [5.74, 6) is 0.00102. The fraction of sp³-hybridized carbons (Fsp3) is 0.280. The molecule has 4 heterocycles. The molecular formula is C25H26N6O. The lowest BCUT2D eigenvalue weighted by molar-refractivity contribution is -0.116. The summed E-state index contributed by atoms with van der Waals surface area (Å²) in [5.41, 5.74) is 6.88. The van der Waals surface area contributed by atoms with Gasteiger partial charge in [-0.25, -0.2) is 0 Å². The Bertz CT molecular complexity index is 1280. The van der Waals surface area contributed by atoms with Crippen LogP contribution in [-0.4, -0.2) is 51.2 Å². The Morgan fingerprint density at radius 3 is 2.84 bits per heavy atom. The summed E-state index contributed by atoms with van der Waals surface area (Å²) in [6.45, 7) is 1.65. The van der Waals surface area contributed by atoms with Crippen molar-refractivity contribution in [3.8, 4) is 22.5 Å². The summed E-state index contributed by atoms with van der Waals surface area (Å²) in [5, 5.41) is 8.94. The predicted octanol–water partition coefficient (Wildman–Crippen LogP) is 4.00. The van der Waals surface area contributed by atoms with Crippen LogP contribution in [0.3, 0.4) is 0 Å². The van der Waals surface area contributed by atoms with Gasteiger partial charge < -0.3 is 10.2 Å². The zero-order valence-corrected chi connectivity index (χ0v) is 18.4. The van der Waals surface area contributed by atoms with Crippen molar-refractivity contribution in [2.45, 2.75) is 25.8 Å². The number of pyridine rings is 2. The highest BCUT2D eigenvalue weighted by Gasteiger charge is 2.25. The molecule has 7 heteroatoms. The van der Waals surface area contributed by atoms with E-state index in [9.17, 15) is 4.79 Å². The number of anilines is 1. The molecule has 1 amide bonds. The van der Waals surface area contributed by atoms with Crippen LogP contribution >= 0.6 is 0 Å². The normalized spacial score (nSPS) is 13.0. The third kappa shape index (κ3) is 3.87. The van der Waals surface area contributed by atoms with Gasteiger partial charge in [-0.15, -0.1) is 0 Å². The zero-order chi connectivity index (χ0) is 22.1. The highest BCUT2D eigenvalue weighted by atomic mass is 16.1. The summed E-state index contributed by atoms with van der Waals surface area (Å²) in [7, 11) is 3.92. The average Bonchev–Trinajstić information content (AvgIpc) is 3.39. The third-order valence-electron chi connectivity index (χ3n) is 5.83. The predicted molar refractivity (Wildman–Crippen MR) is 126 cm³/mol. The lowest BCUT2D eigenvalue weighted by Crippen LogP contribution is -2.20. The molecular weight excluding hydrogens is 400 g/mol. The van der Waals surface area contributed by atoms with E-state index in [-0.39, 0.29) is 5.91 Å².